The number of para-hydroxylation sites is 1. The quantitative estimate of drug-likeness (QED) is 0.673. The van der Waals surface area contributed by atoms with E-state index >= 15 is 0 Å². The third kappa shape index (κ3) is 4.13. The number of carbonyl (C=O) groups is 3. The number of benzene rings is 1. The van der Waals surface area contributed by atoms with Gasteiger partial charge in [0.1, 0.15) is 0 Å². The maximum absolute atomic E-state index is 12.2. The first-order chi connectivity index (χ1) is 12.9. The highest BCUT2D eigenvalue weighted by Gasteiger charge is 2.54. The van der Waals surface area contributed by atoms with Gasteiger partial charge in [-0.1, -0.05) is 31.5 Å². The molecule has 1 saturated carbocycles. The summed E-state index contributed by atoms with van der Waals surface area (Å²) in [7, 11) is 0. The van der Waals surface area contributed by atoms with Gasteiger partial charge >= 0.3 is 5.97 Å². The Kier molecular flexibility index (Phi) is 5.79. The first-order valence-electron chi connectivity index (χ1n) is 9.55. The first kappa shape index (κ1) is 19.4. The number of anilines is 1. The van der Waals surface area contributed by atoms with Gasteiger partial charge in [-0.3, -0.25) is 19.3 Å². The van der Waals surface area contributed by atoms with Gasteiger partial charge in [0.15, 0.2) is 0 Å². The van der Waals surface area contributed by atoms with Crippen molar-refractivity contribution in [1.82, 2.24) is 10.2 Å². The monoisotopic (exact) mass is 373 g/mol. The summed E-state index contributed by atoms with van der Waals surface area (Å²) in [6, 6.07) is 7.57. The molecule has 1 aromatic carbocycles. The molecule has 1 aliphatic heterocycles. The van der Waals surface area contributed by atoms with Crippen LogP contribution in [0, 0.1) is 11.3 Å². The fourth-order valence-corrected chi connectivity index (χ4v) is 4.45. The minimum Gasteiger partial charge on any atom is -0.481 e. The van der Waals surface area contributed by atoms with Gasteiger partial charge < -0.3 is 15.7 Å². The van der Waals surface area contributed by atoms with Crippen LogP contribution in [0.2, 0.25) is 0 Å². The molecule has 7 nitrogen and oxygen atoms in total. The molecule has 1 saturated heterocycles. The van der Waals surface area contributed by atoms with Crippen LogP contribution in [0.4, 0.5) is 5.69 Å². The number of aryl methyl sites for hydroxylation is 1. The van der Waals surface area contributed by atoms with Crippen LogP contribution in [0.3, 0.4) is 0 Å². The average Bonchev–Trinajstić information content (AvgIpc) is 3.18. The Labute approximate surface area is 159 Å². The normalized spacial score (nSPS) is 24.4. The number of nitrogens with zero attached hydrogens (tertiary/aromatic N) is 1. The van der Waals surface area contributed by atoms with Crippen molar-refractivity contribution in [2.45, 2.75) is 32.6 Å². The van der Waals surface area contributed by atoms with Crippen molar-refractivity contribution in [3.05, 3.63) is 29.8 Å². The molecule has 2 fully saturated rings. The third-order valence-corrected chi connectivity index (χ3v) is 5.85. The zero-order valence-electron chi connectivity index (χ0n) is 15.7. The molecule has 3 rings (SSSR count). The minimum absolute atomic E-state index is 0.0990. The molecule has 1 heterocycles. The van der Waals surface area contributed by atoms with Crippen LogP contribution >= 0.6 is 0 Å². The minimum atomic E-state index is -0.748. The second kappa shape index (κ2) is 8.08. The topological polar surface area (TPSA) is 98.7 Å². The molecule has 7 heteroatoms. The number of rotatable bonds is 7. The number of nitrogens with one attached hydrogen (secondary N) is 2. The van der Waals surface area contributed by atoms with Crippen molar-refractivity contribution in [2.24, 2.45) is 11.3 Å². The molecule has 0 aromatic heterocycles. The number of carboxylic acids is 1. The molecular formula is C20H27N3O4. The van der Waals surface area contributed by atoms with E-state index in [2.05, 4.69) is 10.6 Å². The van der Waals surface area contributed by atoms with Crippen molar-refractivity contribution in [3.8, 4) is 0 Å². The van der Waals surface area contributed by atoms with Crippen molar-refractivity contribution < 1.29 is 19.5 Å². The van der Waals surface area contributed by atoms with E-state index in [0.717, 1.165) is 30.5 Å². The standard InChI is InChI=1S/C20H27N3O4/c1-2-14-6-3-4-8-16(14)22-17(24)10-21-18(25)12-23-11-15-7-5-9-20(15,13-23)19(26)27/h3-4,6,8,15H,2,5,7,9-13H2,1H3,(H,21,25)(H,22,24)(H,26,27)/t15-,20+/m0/s1. The third-order valence-electron chi connectivity index (χ3n) is 5.85. The van der Waals surface area contributed by atoms with E-state index in [0.29, 0.717) is 19.5 Å². The van der Waals surface area contributed by atoms with Crippen LogP contribution in [0.5, 0.6) is 0 Å². The molecular weight excluding hydrogens is 346 g/mol. The predicted molar refractivity (Wildman–Crippen MR) is 101 cm³/mol. The summed E-state index contributed by atoms with van der Waals surface area (Å²) in [6.07, 6.45) is 3.34. The number of likely N-dealkylation sites (tertiary alicyclic amines) is 1. The Balaban J connectivity index is 1.46. The zero-order valence-corrected chi connectivity index (χ0v) is 15.7. The van der Waals surface area contributed by atoms with Gasteiger partial charge in [0, 0.05) is 18.8 Å². The van der Waals surface area contributed by atoms with Gasteiger partial charge in [-0.15, -0.1) is 0 Å². The number of hydrogen-bond donors (Lipinski definition) is 3. The number of fused-ring (bicyclic) bond motifs is 1. The molecule has 1 aromatic rings. The van der Waals surface area contributed by atoms with E-state index < -0.39 is 11.4 Å². The number of amides is 2. The van der Waals surface area contributed by atoms with E-state index in [1.807, 2.05) is 36.1 Å². The summed E-state index contributed by atoms with van der Waals surface area (Å²) in [4.78, 5) is 37.9. The summed E-state index contributed by atoms with van der Waals surface area (Å²) < 4.78 is 0. The SMILES string of the molecule is CCc1ccccc1NC(=O)CNC(=O)CN1C[C@@H]2CCC[C@@]2(C(=O)O)C1. The molecule has 0 unspecified atom stereocenters. The molecule has 27 heavy (non-hydrogen) atoms. The smallest absolute Gasteiger partial charge is 0.311 e. The van der Waals surface area contributed by atoms with Gasteiger partial charge in [-0.2, -0.15) is 0 Å². The lowest BCUT2D eigenvalue weighted by molar-refractivity contribution is -0.149. The Hall–Kier alpha value is -2.41. The van der Waals surface area contributed by atoms with Gasteiger partial charge in [-0.05, 0) is 36.8 Å². The number of hydrogen-bond acceptors (Lipinski definition) is 4. The van der Waals surface area contributed by atoms with Crippen LogP contribution < -0.4 is 10.6 Å². The van der Waals surface area contributed by atoms with Crippen molar-refractivity contribution in [3.63, 3.8) is 0 Å². The maximum atomic E-state index is 12.2. The van der Waals surface area contributed by atoms with E-state index in [1.54, 1.807) is 0 Å². The molecule has 2 amide bonds. The van der Waals surface area contributed by atoms with Crippen molar-refractivity contribution in [2.75, 3.05) is 31.5 Å². The Morgan fingerprint density at radius 3 is 2.74 bits per heavy atom. The molecule has 3 N–H and O–H groups in total. The highest BCUT2D eigenvalue weighted by atomic mass is 16.4. The van der Waals surface area contributed by atoms with Crippen LogP contribution in [0.15, 0.2) is 24.3 Å². The fraction of sp³-hybridized carbons (Fsp3) is 0.550. The molecule has 2 atom stereocenters. The lowest BCUT2D eigenvalue weighted by atomic mass is 9.81. The number of carboxylic acid groups (broad SMARTS) is 1. The average molecular weight is 373 g/mol. The van der Waals surface area contributed by atoms with Gasteiger partial charge in [0.05, 0.1) is 18.5 Å². The molecule has 0 bridgehead atoms. The molecule has 1 aliphatic carbocycles. The number of aliphatic carboxylic acids is 1. The van der Waals surface area contributed by atoms with Crippen molar-refractivity contribution in [1.29, 1.82) is 0 Å². The van der Waals surface area contributed by atoms with E-state index in [9.17, 15) is 19.5 Å². The molecule has 2 aliphatic rings. The Morgan fingerprint density at radius 1 is 1.26 bits per heavy atom. The summed E-state index contributed by atoms with van der Waals surface area (Å²) >= 11 is 0. The summed E-state index contributed by atoms with van der Waals surface area (Å²) in [6.45, 7) is 3.09. The van der Waals surface area contributed by atoms with Crippen molar-refractivity contribution >= 4 is 23.5 Å². The highest BCUT2D eigenvalue weighted by Crippen LogP contribution is 2.48. The second-order valence-corrected chi connectivity index (χ2v) is 7.56. The van der Waals surface area contributed by atoms with E-state index in [1.165, 1.54) is 0 Å². The summed E-state index contributed by atoms with van der Waals surface area (Å²) in [5, 5.41) is 15.1. The molecule has 146 valence electrons. The second-order valence-electron chi connectivity index (χ2n) is 7.56. The number of carbonyl (C=O) groups excluding carboxylic acids is 2. The van der Waals surface area contributed by atoms with Crippen LogP contribution in [-0.2, 0) is 20.8 Å². The molecule has 0 spiro atoms. The Bertz CT molecular complexity index is 736. The first-order valence-corrected chi connectivity index (χ1v) is 9.55. The van der Waals surface area contributed by atoms with Crippen LogP contribution in [0.25, 0.3) is 0 Å². The van der Waals surface area contributed by atoms with Crippen LogP contribution in [-0.4, -0.2) is 54.0 Å². The zero-order chi connectivity index (χ0) is 19.4. The predicted octanol–water partition coefficient (Wildman–Crippen LogP) is 1.49. The van der Waals surface area contributed by atoms with E-state index in [-0.39, 0.29) is 30.8 Å². The van der Waals surface area contributed by atoms with Gasteiger partial charge in [-0.25, -0.2) is 0 Å². The Morgan fingerprint density at radius 2 is 2.04 bits per heavy atom. The fourth-order valence-electron chi connectivity index (χ4n) is 4.45. The molecule has 0 radical (unpaired) electrons. The highest BCUT2D eigenvalue weighted by molar-refractivity contribution is 5.95. The van der Waals surface area contributed by atoms with E-state index in [4.69, 9.17) is 0 Å². The maximum Gasteiger partial charge on any atom is 0.311 e. The lowest BCUT2D eigenvalue weighted by Crippen LogP contribution is -2.41. The van der Waals surface area contributed by atoms with Gasteiger partial charge in [0.25, 0.3) is 0 Å². The lowest BCUT2D eigenvalue weighted by Gasteiger charge is -2.23. The van der Waals surface area contributed by atoms with Gasteiger partial charge in [0.2, 0.25) is 11.8 Å². The summed E-state index contributed by atoms with van der Waals surface area (Å²) in [5.41, 5.74) is 1.11. The van der Waals surface area contributed by atoms with Crippen LogP contribution in [0.1, 0.15) is 31.7 Å². The largest absolute Gasteiger partial charge is 0.481 e. The summed E-state index contributed by atoms with van der Waals surface area (Å²) in [5.74, 6) is -1.16.